The fourth-order valence-corrected chi connectivity index (χ4v) is 2.46. The van der Waals surface area contributed by atoms with Crippen molar-refractivity contribution in [3.63, 3.8) is 0 Å². The Kier molecular flexibility index (Phi) is 4.81. The highest BCUT2D eigenvalue weighted by Gasteiger charge is 2.13. The minimum absolute atomic E-state index is 0.0119. The number of hydrogen-bond acceptors (Lipinski definition) is 2. The molecule has 1 aromatic carbocycles. The second-order valence-corrected chi connectivity index (χ2v) is 5.83. The number of benzene rings is 1. The van der Waals surface area contributed by atoms with Gasteiger partial charge in [0.05, 0.1) is 12.1 Å². The van der Waals surface area contributed by atoms with Crippen LogP contribution in [0.1, 0.15) is 17.3 Å². The van der Waals surface area contributed by atoms with E-state index in [2.05, 4.69) is 33.0 Å². The normalized spacial score (nSPS) is 12.2. The average Bonchev–Trinajstić information content (AvgIpc) is 2.84. The molecular weight excluding hydrogens is 377 g/mol. The molecule has 2 aromatic rings. The first-order valence-corrected chi connectivity index (χ1v) is 7.25. The monoisotopic (exact) mass is 389 g/mol. The van der Waals surface area contributed by atoms with E-state index in [1.165, 1.54) is 0 Å². The van der Waals surface area contributed by atoms with Crippen molar-refractivity contribution in [1.82, 2.24) is 15.1 Å². The van der Waals surface area contributed by atoms with E-state index in [4.69, 9.17) is 11.6 Å². The van der Waals surface area contributed by atoms with Gasteiger partial charge in [-0.2, -0.15) is 5.10 Å². The van der Waals surface area contributed by atoms with Crippen molar-refractivity contribution < 1.29 is 4.79 Å². The van der Waals surface area contributed by atoms with E-state index in [0.29, 0.717) is 17.1 Å². The third-order valence-electron chi connectivity index (χ3n) is 2.57. The minimum Gasteiger partial charge on any atom is -0.348 e. The van der Waals surface area contributed by atoms with E-state index in [-0.39, 0.29) is 11.9 Å². The zero-order valence-corrected chi connectivity index (χ0v) is 13.2. The van der Waals surface area contributed by atoms with Crippen LogP contribution in [0.15, 0.2) is 36.7 Å². The Balaban J connectivity index is 2.02. The lowest BCUT2D eigenvalue weighted by Crippen LogP contribution is -2.36. The van der Waals surface area contributed by atoms with E-state index in [0.717, 1.165) is 3.57 Å². The molecule has 0 saturated carbocycles. The van der Waals surface area contributed by atoms with E-state index >= 15 is 0 Å². The third-order valence-corrected chi connectivity index (χ3v) is 3.75. The average molecular weight is 390 g/mol. The number of carbonyl (C=O) groups excluding carboxylic acids is 1. The molecule has 0 spiro atoms. The summed E-state index contributed by atoms with van der Waals surface area (Å²) in [5.41, 5.74) is 0.598. The van der Waals surface area contributed by atoms with E-state index < -0.39 is 0 Å². The topological polar surface area (TPSA) is 46.9 Å². The van der Waals surface area contributed by atoms with Gasteiger partial charge < -0.3 is 5.32 Å². The summed E-state index contributed by atoms with van der Waals surface area (Å²) in [6, 6.07) is 7.12. The van der Waals surface area contributed by atoms with Gasteiger partial charge in [-0.25, -0.2) is 0 Å². The minimum atomic E-state index is -0.119. The maximum atomic E-state index is 12.2. The number of nitrogens with zero attached hydrogens (tertiary/aromatic N) is 2. The van der Waals surface area contributed by atoms with E-state index in [1.54, 1.807) is 23.0 Å². The first kappa shape index (κ1) is 14.3. The maximum absolute atomic E-state index is 12.2. The lowest BCUT2D eigenvalue weighted by molar-refractivity contribution is 0.0935. The highest BCUT2D eigenvalue weighted by Crippen LogP contribution is 2.18. The molecule has 0 aliphatic carbocycles. The molecule has 1 N–H and O–H groups in total. The lowest BCUT2D eigenvalue weighted by Gasteiger charge is -2.14. The van der Waals surface area contributed by atoms with Crippen molar-refractivity contribution in [3.8, 4) is 0 Å². The van der Waals surface area contributed by atoms with Gasteiger partial charge >= 0.3 is 0 Å². The predicted molar refractivity (Wildman–Crippen MR) is 83.3 cm³/mol. The van der Waals surface area contributed by atoms with Crippen molar-refractivity contribution in [3.05, 3.63) is 50.8 Å². The van der Waals surface area contributed by atoms with Crippen LogP contribution in [0, 0.1) is 3.57 Å². The van der Waals surface area contributed by atoms with Gasteiger partial charge in [0.15, 0.2) is 0 Å². The molecule has 0 bridgehead atoms. The van der Waals surface area contributed by atoms with Crippen molar-refractivity contribution in [2.24, 2.45) is 0 Å². The van der Waals surface area contributed by atoms with Crippen molar-refractivity contribution in [2.45, 2.75) is 19.5 Å². The molecule has 0 aliphatic heterocycles. The highest BCUT2D eigenvalue weighted by molar-refractivity contribution is 14.1. The van der Waals surface area contributed by atoms with Crippen LogP contribution in [0.2, 0.25) is 5.02 Å². The molecule has 1 heterocycles. The Morgan fingerprint density at radius 1 is 1.58 bits per heavy atom. The molecular formula is C13H13ClIN3O. The predicted octanol–water partition coefficient (Wildman–Crippen LogP) is 2.96. The van der Waals surface area contributed by atoms with Gasteiger partial charge in [-0.3, -0.25) is 9.48 Å². The molecule has 1 aromatic heterocycles. The highest BCUT2D eigenvalue weighted by atomic mass is 127. The summed E-state index contributed by atoms with van der Waals surface area (Å²) in [6.45, 7) is 2.58. The van der Waals surface area contributed by atoms with Crippen LogP contribution in [0.5, 0.6) is 0 Å². The Hall–Kier alpha value is -1.08. The number of rotatable bonds is 4. The standard InChI is InChI=1S/C13H13ClIN3O/c1-9(8-18-6-2-5-16-18)17-13(19)11-7-10(14)3-4-12(11)15/h2-7,9H,8H2,1H3,(H,17,19). The first-order chi connectivity index (χ1) is 9.06. The molecule has 2 rings (SSSR count). The third kappa shape index (κ3) is 3.94. The molecule has 4 nitrogen and oxygen atoms in total. The summed E-state index contributed by atoms with van der Waals surface area (Å²) in [6.07, 6.45) is 3.58. The van der Waals surface area contributed by atoms with Crippen molar-refractivity contribution in [2.75, 3.05) is 0 Å². The zero-order valence-electron chi connectivity index (χ0n) is 10.3. The Morgan fingerprint density at radius 2 is 2.37 bits per heavy atom. The van der Waals surface area contributed by atoms with Gasteiger partial charge in [0, 0.05) is 27.0 Å². The molecule has 19 heavy (non-hydrogen) atoms. The summed E-state index contributed by atoms with van der Waals surface area (Å²) in [5, 5.41) is 7.61. The molecule has 0 saturated heterocycles. The number of amides is 1. The maximum Gasteiger partial charge on any atom is 0.252 e. The SMILES string of the molecule is CC(Cn1cccn1)NC(=O)c1cc(Cl)ccc1I. The molecule has 1 amide bonds. The van der Waals surface area contributed by atoms with Crippen LogP contribution in [0.3, 0.4) is 0 Å². The Labute approximate surface area is 130 Å². The number of carbonyl (C=O) groups is 1. The number of hydrogen-bond donors (Lipinski definition) is 1. The Morgan fingerprint density at radius 3 is 3.05 bits per heavy atom. The summed E-state index contributed by atoms with van der Waals surface area (Å²) in [4.78, 5) is 12.2. The fourth-order valence-electron chi connectivity index (χ4n) is 1.71. The number of aromatic nitrogens is 2. The van der Waals surface area contributed by atoms with Gasteiger partial charge in [-0.15, -0.1) is 0 Å². The van der Waals surface area contributed by atoms with Gasteiger partial charge in [0.1, 0.15) is 0 Å². The molecule has 0 radical (unpaired) electrons. The van der Waals surface area contributed by atoms with E-state index in [9.17, 15) is 4.79 Å². The molecule has 1 atom stereocenters. The van der Waals surface area contributed by atoms with Crippen LogP contribution in [0.25, 0.3) is 0 Å². The lowest BCUT2D eigenvalue weighted by atomic mass is 10.2. The summed E-state index contributed by atoms with van der Waals surface area (Å²) >= 11 is 8.04. The van der Waals surface area contributed by atoms with Gasteiger partial charge in [0.2, 0.25) is 0 Å². The van der Waals surface area contributed by atoms with Crippen LogP contribution in [0.4, 0.5) is 0 Å². The summed E-state index contributed by atoms with van der Waals surface area (Å²) < 4.78 is 2.67. The molecule has 1 unspecified atom stereocenters. The quantitative estimate of drug-likeness (QED) is 0.817. The van der Waals surface area contributed by atoms with Crippen molar-refractivity contribution in [1.29, 1.82) is 0 Å². The van der Waals surface area contributed by atoms with E-state index in [1.807, 2.05) is 25.3 Å². The summed E-state index contributed by atoms with van der Waals surface area (Å²) in [5.74, 6) is -0.119. The first-order valence-electron chi connectivity index (χ1n) is 5.79. The fraction of sp³-hybridized carbons (Fsp3) is 0.231. The second-order valence-electron chi connectivity index (χ2n) is 4.23. The van der Waals surface area contributed by atoms with Gasteiger partial charge in [-0.1, -0.05) is 11.6 Å². The zero-order chi connectivity index (χ0) is 13.8. The van der Waals surface area contributed by atoms with Crippen LogP contribution < -0.4 is 5.32 Å². The molecule has 0 fully saturated rings. The Bertz CT molecular complexity index is 571. The van der Waals surface area contributed by atoms with Crippen LogP contribution in [-0.4, -0.2) is 21.7 Å². The van der Waals surface area contributed by atoms with Gasteiger partial charge in [0.25, 0.3) is 5.91 Å². The number of nitrogens with one attached hydrogen (secondary N) is 1. The smallest absolute Gasteiger partial charge is 0.252 e. The summed E-state index contributed by atoms with van der Waals surface area (Å²) in [7, 11) is 0. The van der Waals surface area contributed by atoms with Crippen LogP contribution >= 0.6 is 34.2 Å². The molecule has 100 valence electrons. The van der Waals surface area contributed by atoms with Crippen LogP contribution in [-0.2, 0) is 6.54 Å². The molecule has 6 heteroatoms. The molecule has 0 aliphatic rings. The largest absolute Gasteiger partial charge is 0.348 e. The number of halogens is 2. The van der Waals surface area contributed by atoms with Crippen molar-refractivity contribution >= 4 is 40.1 Å². The van der Waals surface area contributed by atoms with Gasteiger partial charge in [-0.05, 0) is 53.8 Å². The second kappa shape index (κ2) is 6.38.